The number of hydrogen-bond donors (Lipinski definition) is 1. The molecular weight excluding hydrogens is 262 g/mol. The molecule has 0 amide bonds. The third-order valence-electron chi connectivity index (χ3n) is 5.08. The summed E-state index contributed by atoms with van der Waals surface area (Å²) in [5, 5.41) is 4.63. The van der Waals surface area contributed by atoms with Crippen LogP contribution in [0.25, 0.3) is 0 Å². The second kappa shape index (κ2) is 6.93. The molecule has 3 unspecified atom stereocenters. The summed E-state index contributed by atoms with van der Waals surface area (Å²) in [6.45, 7) is 7.49. The predicted molar refractivity (Wildman–Crippen MR) is 86.3 cm³/mol. The molecule has 0 radical (unpaired) electrons. The van der Waals surface area contributed by atoms with Crippen LogP contribution in [0.3, 0.4) is 0 Å². The predicted octanol–water partition coefficient (Wildman–Crippen LogP) is 2.93. The second-order valence-electron chi connectivity index (χ2n) is 6.58. The Morgan fingerprint density at radius 2 is 2.29 bits per heavy atom. The van der Waals surface area contributed by atoms with Gasteiger partial charge in [0.15, 0.2) is 0 Å². The number of nitrogens with zero attached hydrogens (tertiary/aromatic N) is 2. The van der Waals surface area contributed by atoms with Crippen LogP contribution in [0, 0.1) is 5.92 Å². The smallest absolute Gasteiger partial charge is 0.0835 e. The molecule has 4 nitrogen and oxygen atoms in total. The van der Waals surface area contributed by atoms with Gasteiger partial charge in [0.1, 0.15) is 0 Å². The lowest BCUT2D eigenvalue weighted by atomic mass is 9.73. The van der Waals surface area contributed by atoms with Crippen LogP contribution in [0.15, 0.2) is 6.07 Å². The second-order valence-corrected chi connectivity index (χ2v) is 6.58. The quantitative estimate of drug-likeness (QED) is 0.877. The van der Waals surface area contributed by atoms with Gasteiger partial charge < -0.3 is 10.5 Å². The fourth-order valence-electron chi connectivity index (χ4n) is 3.75. The van der Waals surface area contributed by atoms with E-state index in [1.165, 1.54) is 18.5 Å². The molecule has 3 atom stereocenters. The van der Waals surface area contributed by atoms with Crippen LogP contribution >= 0.6 is 0 Å². The Morgan fingerprint density at radius 3 is 2.86 bits per heavy atom. The van der Waals surface area contributed by atoms with Crippen molar-refractivity contribution in [3.05, 3.63) is 17.5 Å². The standard InChI is InChI=1S/C17H31N3O/c1-5-14-10-15(20(6-2)19-14)11-16(18)17(21-4)9-7-8-13(3)12-17/h10,13,16H,5-9,11-12,18H2,1-4H3. The Bertz CT molecular complexity index is 457. The highest BCUT2D eigenvalue weighted by molar-refractivity contribution is 5.14. The molecule has 1 heterocycles. The minimum atomic E-state index is -0.160. The van der Waals surface area contributed by atoms with Crippen molar-refractivity contribution in [2.45, 2.75) is 77.5 Å². The van der Waals surface area contributed by atoms with Crippen molar-refractivity contribution < 1.29 is 4.74 Å². The highest BCUT2D eigenvalue weighted by atomic mass is 16.5. The Labute approximate surface area is 129 Å². The molecule has 0 aromatic carbocycles. The van der Waals surface area contributed by atoms with E-state index in [9.17, 15) is 0 Å². The molecule has 1 aliphatic rings. The Kier molecular flexibility index (Phi) is 5.44. The van der Waals surface area contributed by atoms with Crippen molar-refractivity contribution in [3.63, 3.8) is 0 Å². The average Bonchev–Trinajstić information content (AvgIpc) is 2.89. The molecule has 1 aromatic rings. The Morgan fingerprint density at radius 1 is 1.52 bits per heavy atom. The van der Waals surface area contributed by atoms with Gasteiger partial charge in [0.05, 0.1) is 11.3 Å². The fourth-order valence-corrected chi connectivity index (χ4v) is 3.75. The van der Waals surface area contributed by atoms with Crippen LogP contribution < -0.4 is 5.73 Å². The van der Waals surface area contributed by atoms with E-state index in [-0.39, 0.29) is 11.6 Å². The maximum atomic E-state index is 6.60. The molecular formula is C17H31N3O. The van der Waals surface area contributed by atoms with Gasteiger partial charge in [-0.3, -0.25) is 4.68 Å². The van der Waals surface area contributed by atoms with Gasteiger partial charge in [0, 0.05) is 31.8 Å². The number of methoxy groups -OCH3 is 1. The van der Waals surface area contributed by atoms with E-state index in [0.717, 1.165) is 37.9 Å². The Hall–Kier alpha value is -0.870. The molecule has 0 saturated heterocycles. The molecule has 0 aliphatic heterocycles. The topological polar surface area (TPSA) is 53.1 Å². The summed E-state index contributed by atoms with van der Waals surface area (Å²) in [5.41, 5.74) is 8.84. The van der Waals surface area contributed by atoms with Gasteiger partial charge >= 0.3 is 0 Å². The van der Waals surface area contributed by atoms with Crippen LogP contribution in [0.5, 0.6) is 0 Å². The summed E-state index contributed by atoms with van der Waals surface area (Å²) in [6.07, 6.45) is 6.49. The van der Waals surface area contributed by atoms with Crippen LogP contribution in [-0.2, 0) is 24.1 Å². The fraction of sp³-hybridized carbons (Fsp3) is 0.824. The van der Waals surface area contributed by atoms with Gasteiger partial charge in [-0.25, -0.2) is 0 Å². The number of rotatable bonds is 6. The first-order valence-corrected chi connectivity index (χ1v) is 8.41. The van der Waals surface area contributed by atoms with Crippen LogP contribution in [0.1, 0.15) is 57.8 Å². The number of hydrogen-bond acceptors (Lipinski definition) is 3. The SMILES string of the molecule is CCc1cc(CC(N)C2(OC)CCCC(C)C2)n(CC)n1. The van der Waals surface area contributed by atoms with Gasteiger partial charge in [0.25, 0.3) is 0 Å². The van der Waals surface area contributed by atoms with E-state index in [1.807, 2.05) is 7.11 Å². The van der Waals surface area contributed by atoms with Gasteiger partial charge in [-0.05, 0) is 38.2 Å². The van der Waals surface area contributed by atoms with Gasteiger partial charge in [-0.1, -0.05) is 26.7 Å². The van der Waals surface area contributed by atoms with Crippen molar-refractivity contribution >= 4 is 0 Å². The molecule has 120 valence electrons. The molecule has 4 heteroatoms. The number of nitrogens with two attached hydrogens (primary N) is 1. The molecule has 1 saturated carbocycles. The van der Waals surface area contributed by atoms with E-state index in [2.05, 4.69) is 36.6 Å². The molecule has 1 aromatic heterocycles. The van der Waals surface area contributed by atoms with E-state index in [1.54, 1.807) is 0 Å². The van der Waals surface area contributed by atoms with E-state index < -0.39 is 0 Å². The highest BCUT2D eigenvalue weighted by Crippen LogP contribution is 2.37. The molecule has 0 bridgehead atoms. The summed E-state index contributed by atoms with van der Waals surface area (Å²) in [5.74, 6) is 0.701. The average molecular weight is 293 g/mol. The van der Waals surface area contributed by atoms with Gasteiger partial charge in [-0.2, -0.15) is 5.10 Å². The van der Waals surface area contributed by atoms with Crippen molar-refractivity contribution in [2.75, 3.05) is 7.11 Å². The molecule has 1 aliphatic carbocycles. The van der Waals surface area contributed by atoms with E-state index in [4.69, 9.17) is 10.5 Å². The molecule has 1 fully saturated rings. The summed E-state index contributed by atoms with van der Waals surface area (Å²) in [4.78, 5) is 0. The third-order valence-corrected chi connectivity index (χ3v) is 5.08. The normalized spacial score (nSPS) is 27.8. The minimum Gasteiger partial charge on any atom is -0.377 e. The minimum absolute atomic E-state index is 0.0388. The zero-order chi connectivity index (χ0) is 15.5. The van der Waals surface area contributed by atoms with Crippen LogP contribution in [0.2, 0.25) is 0 Å². The lowest BCUT2D eigenvalue weighted by molar-refractivity contribution is -0.0708. The zero-order valence-electron chi connectivity index (χ0n) is 14.1. The summed E-state index contributed by atoms with van der Waals surface area (Å²) < 4.78 is 8.03. The molecule has 2 rings (SSSR count). The maximum absolute atomic E-state index is 6.60. The zero-order valence-corrected chi connectivity index (χ0v) is 14.1. The largest absolute Gasteiger partial charge is 0.377 e. The third kappa shape index (κ3) is 3.49. The summed E-state index contributed by atoms with van der Waals surface area (Å²) in [7, 11) is 1.83. The maximum Gasteiger partial charge on any atom is 0.0835 e. The first-order valence-electron chi connectivity index (χ1n) is 8.41. The van der Waals surface area contributed by atoms with Crippen LogP contribution in [-0.4, -0.2) is 28.5 Å². The summed E-state index contributed by atoms with van der Waals surface area (Å²) in [6, 6.07) is 2.25. The van der Waals surface area contributed by atoms with Crippen LogP contribution in [0.4, 0.5) is 0 Å². The summed E-state index contributed by atoms with van der Waals surface area (Å²) >= 11 is 0. The van der Waals surface area contributed by atoms with Gasteiger partial charge in [0.2, 0.25) is 0 Å². The lowest BCUT2D eigenvalue weighted by Crippen LogP contribution is -2.53. The van der Waals surface area contributed by atoms with Crippen molar-refractivity contribution in [2.24, 2.45) is 11.7 Å². The van der Waals surface area contributed by atoms with Crippen molar-refractivity contribution in [1.82, 2.24) is 9.78 Å². The lowest BCUT2D eigenvalue weighted by Gasteiger charge is -2.43. The van der Waals surface area contributed by atoms with Crippen molar-refractivity contribution in [3.8, 4) is 0 Å². The molecule has 21 heavy (non-hydrogen) atoms. The first kappa shape index (κ1) is 16.5. The highest BCUT2D eigenvalue weighted by Gasteiger charge is 2.40. The number of ether oxygens (including phenoxy) is 1. The monoisotopic (exact) mass is 293 g/mol. The molecule has 0 spiro atoms. The first-order chi connectivity index (χ1) is 10.0. The van der Waals surface area contributed by atoms with Gasteiger partial charge in [-0.15, -0.1) is 0 Å². The van der Waals surface area contributed by atoms with Crippen molar-refractivity contribution in [1.29, 1.82) is 0 Å². The number of aryl methyl sites for hydroxylation is 2. The van der Waals surface area contributed by atoms with E-state index >= 15 is 0 Å². The van der Waals surface area contributed by atoms with E-state index in [0.29, 0.717) is 5.92 Å². The number of aromatic nitrogens is 2. The molecule has 2 N–H and O–H groups in total. The Balaban J connectivity index is 2.15.